The number of para-hydroxylation sites is 1. The fourth-order valence-corrected chi connectivity index (χ4v) is 5.31. The largest absolute Gasteiger partial charge is 0.304 e. The van der Waals surface area contributed by atoms with Gasteiger partial charge in [-0.15, -0.1) is 11.3 Å². The van der Waals surface area contributed by atoms with Gasteiger partial charge in [-0.2, -0.15) is 0 Å². The summed E-state index contributed by atoms with van der Waals surface area (Å²) in [6.45, 7) is 5.14. The Labute approximate surface area is 151 Å². The molecule has 2 aliphatic heterocycles. The molecule has 1 amide bonds. The first-order valence-electron chi connectivity index (χ1n) is 8.30. The Bertz CT molecular complexity index is 737. The number of carbonyl (C=O) groups is 1. The summed E-state index contributed by atoms with van der Waals surface area (Å²) >= 11 is 3.41. The van der Waals surface area contributed by atoms with Gasteiger partial charge in [-0.3, -0.25) is 9.69 Å². The molecule has 0 N–H and O–H groups in total. The highest BCUT2D eigenvalue weighted by Crippen LogP contribution is 2.50. The Hall–Kier alpha value is -1.34. The Balaban J connectivity index is 1.50. The standard InChI is InChI=1S/C18H21N3OS2/c1-19-9-11-20(12-10-19)8-6-17(22)21-14-4-2-3-5-15(14)24-16-7-13-23-18(16)21/h2-5,7,13H,6,8-12H2,1H3. The zero-order valence-electron chi connectivity index (χ0n) is 13.8. The van der Waals surface area contributed by atoms with Gasteiger partial charge >= 0.3 is 0 Å². The van der Waals surface area contributed by atoms with Crippen LogP contribution in [-0.4, -0.2) is 55.5 Å². The molecule has 4 nitrogen and oxygen atoms in total. The van der Waals surface area contributed by atoms with Crippen molar-refractivity contribution in [3.05, 3.63) is 35.7 Å². The third-order valence-corrected chi connectivity index (χ3v) is 6.77. The average Bonchev–Trinajstić information content (AvgIpc) is 3.06. The Morgan fingerprint density at radius 1 is 1.08 bits per heavy atom. The monoisotopic (exact) mass is 359 g/mol. The van der Waals surface area contributed by atoms with Gasteiger partial charge in [0, 0.05) is 48.9 Å². The molecule has 1 aromatic carbocycles. The van der Waals surface area contributed by atoms with Crippen molar-refractivity contribution in [3.8, 4) is 0 Å². The summed E-state index contributed by atoms with van der Waals surface area (Å²) in [7, 11) is 2.16. The lowest BCUT2D eigenvalue weighted by Crippen LogP contribution is -2.45. The van der Waals surface area contributed by atoms with E-state index in [0.29, 0.717) is 6.42 Å². The minimum atomic E-state index is 0.199. The lowest BCUT2D eigenvalue weighted by atomic mass is 10.2. The fourth-order valence-electron chi connectivity index (χ4n) is 3.17. The third-order valence-electron chi connectivity index (χ3n) is 4.63. The number of thiophene rings is 1. The van der Waals surface area contributed by atoms with Crippen LogP contribution in [0.4, 0.5) is 10.7 Å². The number of rotatable bonds is 3. The molecule has 2 aliphatic rings. The number of piperazine rings is 1. The number of hydrogen-bond donors (Lipinski definition) is 0. The van der Waals surface area contributed by atoms with E-state index in [1.54, 1.807) is 23.1 Å². The van der Waals surface area contributed by atoms with Crippen molar-refractivity contribution in [2.45, 2.75) is 16.2 Å². The zero-order valence-corrected chi connectivity index (χ0v) is 15.4. The molecular weight excluding hydrogens is 338 g/mol. The van der Waals surface area contributed by atoms with Crippen LogP contribution >= 0.6 is 23.1 Å². The topological polar surface area (TPSA) is 26.8 Å². The minimum absolute atomic E-state index is 0.199. The summed E-state index contributed by atoms with van der Waals surface area (Å²) in [5.41, 5.74) is 1.03. The molecule has 4 rings (SSSR count). The van der Waals surface area contributed by atoms with Crippen molar-refractivity contribution in [3.63, 3.8) is 0 Å². The van der Waals surface area contributed by atoms with Crippen molar-refractivity contribution in [2.75, 3.05) is 44.7 Å². The highest BCUT2D eigenvalue weighted by atomic mass is 32.2. The number of likely N-dealkylation sites (N-methyl/N-ethyl adjacent to an activating group) is 1. The third kappa shape index (κ3) is 3.11. The van der Waals surface area contributed by atoms with E-state index in [-0.39, 0.29) is 5.91 Å². The molecular formula is C18H21N3OS2. The number of anilines is 2. The van der Waals surface area contributed by atoms with E-state index >= 15 is 0 Å². The van der Waals surface area contributed by atoms with Gasteiger partial charge in [0.05, 0.1) is 5.69 Å². The summed E-state index contributed by atoms with van der Waals surface area (Å²) in [5.74, 6) is 0.199. The van der Waals surface area contributed by atoms with Crippen LogP contribution in [0.3, 0.4) is 0 Å². The van der Waals surface area contributed by atoms with Crippen LogP contribution in [0.1, 0.15) is 6.42 Å². The number of benzene rings is 1. The number of fused-ring (bicyclic) bond motifs is 2. The molecule has 0 atom stereocenters. The molecule has 3 heterocycles. The molecule has 0 aliphatic carbocycles. The molecule has 2 aromatic rings. The summed E-state index contributed by atoms with van der Waals surface area (Å²) in [6, 6.07) is 10.3. The number of carbonyl (C=O) groups excluding carboxylic acids is 1. The van der Waals surface area contributed by atoms with Crippen LogP contribution < -0.4 is 4.90 Å². The van der Waals surface area contributed by atoms with Crippen LogP contribution in [0.2, 0.25) is 0 Å². The van der Waals surface area contributed by atoms with Crippen LogP contribution in [0.5, 0.6) is 0 Å². The predicted molar refractivity (Wildman–Crippen MR) is 101 cm³/mol. The van der Waals surface area contributed by atoms with Gasteiger partial charge in [0.15, 0.2) is 0 Å². The molecule has 1 fully saturated rings. The lowest BCUT2D eigenvalue weighted by Gasteiger charge is -2.33. The van der Waals surface area contributed by atoms with Gasteiger partial charge in [-0.25, -0.2) is 0 Å². The number of amides is 1. The van der Waals surface area contributed by atoms with E-state index in [1.807, 2.05) is 17.0 Å². The van der Waals surface area contributed by atoms with Crippen LogP contribution in [-0.2, 0) is 4.79 Å². The summed E-state index contributed by atoms with van der Waals surface area (Å²) < 4.78 is 0. The minimum Gasteiger partial charge on any atom is -0.304 e. The van der Waals surface area contributed by atoms with E-state index in [4.69, 9.17) is 0 Å². The van der Waals surface area contributed by atoms with Gasteiger partial charge in [0.1, 0.15) is 5.00 Å². The second-order valence-corrected chi connectivity index (χ2v) is 8.26. The van der Waals surface area contributed by atoms with Gasteiger partial charge in [0.25, 0.3) is 0 Å². The molecule has 0 unspecified atom stereocenters. The maximum absolute atomic E-state index is 13.0. The van der Waals surface area contributed by atoms with Crippen molar-refractivity contribution in [2.24, 2.45) is 0 Å². The zero-order chi connectivity index (χ0) is 16.5. The number of hydrogen-bond acceptors (Lipinski definition) is 5. The second-order valence-electron chi connectivity index (χ2n) is 6.28. The Morgan fingerprint density at radius 3 is 2.71 bits per heavy atom. The predicted octanol–water partition coefficient (Wildman–Crippen LogP) is 3.51. The molecule has 6 heteroatoms. The first-order chi connectivity index (χ1) is 11.7. The molecule has 1 saturated heterocycles. The SMILES string of the molecule is CN1CCN(CCC(=O)N2c3ccccc3Sc3ccsc32)CC1. The van der Waals surface area contributed by atoms with Gasteiger partial charge in [-0.05, 0) is 30.6 Å². The maximum Gasteiger partial charge on any atom is 0.233 e. The highest BCUT2D eigenvalue weighted by molar-refractivity contribution is 8.00. The fraction of sp³-hybridized carbons (Fsp3) is 0.389. The molecule has 126 valence electrons. The van der Waals surface area contributed by atoms with Crippen LogP contribution in [0.15, 0.2) is 45.5 Å². The quantitative estimate of drug-likeness (QED) is 0.838. The highest BCUT2D eigenvalue weighted by Gasteiger charge is 2.29. The van der Waals surface area contributed by atoms with Crippen molar-refractivity contribution in [1.29, 1.82) is 0 Å². The molecule has 24 heavy (non-hydrogen) atoms. The van der Waals surface area contributed by atoms with E-state index < -0.39 is 0 Å². The average molecular weight is 360 g/mol. The van der Waals surface area contributed by atoms with Crippen LogP contribution in [0, 0.1) is 0 Å². The van der Waals surface area contributed by atoms with Gasteiger partial charge < -0.3 is 9.80 Å². The molecule has 0 saturated carbocycles. The number of nitrogens with zero attached hydrogens (tertiary/aromatic N) is 3. The summed E-state index contributed by atoms with van der Waals surface area (Å²) in [4.78, 5) is 22.0. The smallest absolute Gasteiger partial charge is 0.233 e. The first-order valence-corrected chi connectivity index (χ1v) is 10.0. The molecule has 0 spiro atoms. The molecule has 0 radical (unpaired) electrons. The maximum atomic E-state index is 13.0. The van der Waals surface area contributed by atoms with E-state index in [0.717, 1.165) is 48.3 Å². The van der Waals surface area contributed by atoms with E-state index in [1.165, 1.54) is 4.90 Å². The lowest BCUT2D eigenvalue weighted by molar-refractivity contribution is -0.118. The normalized spacial score (nSPS) is 18.3. The Morgan fingerprint density at radius 2 is 1.88 bits per heavy atom. The van der Waals surface area contributed by atoms with Crippen molar-refractivity contribution in [1.82, 2.24) is 9.80 Å². The Kier molecular flexibility index (Phi) is 4.63. The van der Waals surface area contributed by atoms with Crippen molar-refractivity contribution >= 4 is 39.7 Å². The van der Waals surface area contributed by atoms with E-state index in [2.05, 4.69) is 40.4 Å². The molecule has 1 aromatic heterocycles. The van der Waals surface area contributed by atoms with E-state index in [9.17, 15) is 4.79 Å². The summed E-state index contributed by atoms with van der Waals surface area (Å²) in [6.07, 6.45) is 0.569. The van der Waals surface area contributed by atoms with Gasteiger partial charge in [0.2, 0.25) is 5.91 Å². The van der Waals surface area contributed by atoms with Crippen molar-refractivity contribution < 1.29 is 4.79 Å². The first kappa shape index (κ1) is 16.1. The molecule has 0 bridgehead atoms. The van der Waals surface area contributed by atoms with Crippen LogP contribution in [0.25, 0.3) is 0 Å². The van der Waals surface area contributed by atoms with Gasteiger partial charge in [-0.1, -0.05) is 23.9 Å². The second kappa shape index (κ2) is 6.88. The summed E-state index contributed by atoms with van der Waals surface area (Å²) in [5, 5.41) is 3.15.